The molecule has 0 radical (unpaired) electrons. The minimum atomic E-state index is -1.43. The summed E-state index contributed by atoms with van der Waals surface area (Å²) in [7, 11) is 0. The van der Waals surface area contributed by atoms with Gasteiger partial charge in [-0.1, -0.05) is 6.07 Å². The summed E-state index contributed by atoms with van der Waals surface area (Å²) < 4.78 is 29.3. The third kappa shape index (κ3) is 4.14. The van der Waals surface area contributed by atoms with E-state index in [4.69, 9.17) is 5.73 Å². The number of aliphatic hydroxyl groups is 1. The largest absolute Gasteiger partial charge is 0.369 e. The number of primary amides is 1. The van der Waals surface area contributed by atoms with Crippen molar-refractivity contribution in [3.05, 3.63) is 82.1 Å². The van der Waals surface area contributed by atoms with Gasteiger partial charge in [0.1, 0.15) is 17.5 Å². The first-order chi connectivity index (χ1) is 16.2. The van der Waals surface area contributed by atoms with Crippen LogP contribution in [0.4, 0.5) is 14.5 Å². The number of carbonyl (C=O) groups is 1. The molecule has 1 aromatic carbocycles. The van der Waals surface area contributed by atoms with Gasteiger partial charge in [-0.2, -0.15) is 10.4 Å². The van der Waals surface area contributed by atoms with Gasteiger partial charge in [-0.3, -0.25) is 9.48 Å². The molecule has 4 aromatic rings. The second-order valence-corrected chi connectivity index (χ2v) is 7.62. The van der Waals surface area contributed by atoms with E-state index < -0.39 is 23.8 Å². The van der Waals surface area contributed by atoms with Gasteiger partial charge in [0, 0.05) is 28.8 Å². The van der Waals surface area contributed by atoms with Crippen molar-refractivity contribution >= 4 is 22.5 Å². The van der Waals surface area contributed by atoms with Gasteiger partial charge in [0.05, 0.1) is 29.1 Å². The first kappa shape index (κ1) is 22.8. The van der Waals surface area contributed by atoms with Crippen LogP contribution in [0.25, 0.3) is 10.9 Å². The van der Waals surface area contributed by atoms with Crippen LogP contribution in [0.3, 0.4) is 0 Å². The van der Waals surface area contributed by atoms with Gasteiger partial charge in [0.15, 0.2) is 17.9 Å². The van der Waals surface area contributed by atoms with Crippen LogP contribution in [0.15, 0.2) is 36.5 Å². The molecule has 0 aliphatic rings. The van der Waals surface area contributed by atoms with Crippen molar-refractivity contribution in [2.75, 3.05) is 5.32 Å². The summed E-state index contributed by atoms with van der Waals surface area (Å²) in [6.45, 7) is 3.77. The maximum absolute atomic E-state index is 13.9. The lowest BCUT2D eigenvalue weighted by Crippen LogP contribution is -2.17. The molecule has 1 atom stereocenters. The summed E-state index contributed by atoms with van der Waals surface area (Å²) in [4.78, 5) is 19.7. The summed E-state index contributed by atoms with van der Waals surface area (Å²) in [5.74, 6) is -3.15. The van der Waals surface area contributed by atoms with Gasteiger partial charge in [-0.05, 0) is 32.0 Å². The lowest BCUT2D eigenvalue weighted by atomic mass is 10.0. The third-order valence-electron chi connectivity index (χ3n) is 5.41. The number of carbonyl (C=O) groups excluding carboxylic acids is 1. The molecule has 1 amide bonds. The number of anilines is 1. The van der Waals surface area contributed by atoms with Crippen LogP contribution in [-0.4, -0.2) is 30.8 Å². The fourth-order valence-electron chi connectivity index (χ4n) is 3.70. The Morgan fingerprint density at radius 3 is 2.74 bits per heavy atom. The first-order valence-corrected chi connectivity index (χ1v) is 10.1. The molecule has 4 rings (SSSR count). The number of hydrogen-bond acceptors (Lipinski definition) is 7. The van der Waals surface area contributed by atoms with Gasteiger partial charge >= 0.3 is 0 Å². The molecule has 0 aliphatic heterocycles. The lowest BCUT2D eigenvalue weighted by molar-refractivity contribution is 0.0995. The minimum Gasteiger partial charge on any atom is -0.369 e. The monoisotopic (exact) mass is 463 g/mol. The second kappa shape index (κ2) is 8.84. The van der Waals surface area contributed by atoms with Crippen LogP contribution in [-0.2, 0) is 6.54 Å². The molecule has 0 saturated carbocycles. The number of aromatic nitrogens is 4. The molecule has 0 bridgehead atoms. The van der Waals surface area contributed by atoms with Crippen molar-refractivity contribution in [2.24, 2.45) is 5.73 Å². The zero-order chi connectivity index (χ0) is 24.6. The van der Waals surface area contributed by atoms with Crippen LogP contribution < -0.4 is 11.1 Å². The van der Waals surface area contributed by atoms with E-state index in [9.17, 15) is 23.9 Å². The van der Waals surface area contributed by atoms with Crippen molar-refractivity contribution in [3.8, 4) is 6.07 Å². The van der Waals surface area contributed by atoms with Crippen molar-refractivity contribution in [2.45, 2.75) is 26.6 Å². The fraction of sp³-hybridized carbons (Fsp3) is 0.174. The Morgan fingerprint density at radius 1 is 1.29 bits per heavy atom. The van der Waals surface area contributed by atoms with Gasteiger partial charge in [-0.15, -0.1) is 0 Å². The average molecular weight is 463 g/mol. The molecular weight excluding hydrogens is 444 g/mol. The number of rotatable bonds is 6. The first-order valence-electron chi connectivity index (χ1n) is 10.1. The van der Waals surface area contributed by atoms with E-state index in [0.717, 1.165) is 12.1 Å². The molecule has 172 valence electrons. The number of aryl methyl sites for hydroxylation is 1. The quantitative estimate of drug-likeness (QED) is 0.373. The number of nitrogens with zero attached hydrogens (tertiary/aromatic N) is 5. The normalized spacial score (nSPS) is 11.9. The minimum absolute atomic E-state index is 0.0317. The molecule has 11 heteroatoms. The molecule has 0 spiro atoms. The van der Waals surface area contributed by atoms with Crippen LogP contribution in [0.2, 0.25) is 0 Å². The maximum atomic E-state index is 13.9. The predicted molar refractivity (Wildman–Crippen MR) is 119 cm³/mol. The van der Waals surface area contributed by atoms with Crippen molar-refractivity contribution in [1.29, 1.82) is 5.26 Å². The number of nitrogens with one attached hydrogen (secondary N) is 1. The summed E-state index contributed by atoms with van der Waals surface area (Å²) in [6, 6.07) is 8.49. The van der Waals surface area contributed by atoms with E-state index in [1.54, 1.807) is 30.7 Å². The van der Waals surface area contributed by atoms with E-state index in [1.165, 1.54) is 12.3 Å². The number of amides is 1. The van der Waals surface area contributed by atoms with Crippen molar-refractivity contribution < 1.29 is 18.7 Å². The van der Waals surface area contributed by atoms with Crippen molar-refractivity contribution in [3.63, 3.8) is 0 Å². The molecule has 4 N–H and O–H groups in total. The molecule has 0 fully saturated rings. The van der Waals surface area contributed by atoms with Gasteiger partial charge in [0.2, 0.25) is 0 Å². The summed E-state index contributed by atoms with van der Waals surface area (Å²) >= 11 is 0. The van der Waals surface area contributed by atoms with E-state index in [-0.39, 0.29) is 34.4 Å². The molecule has 34 heavy (non-hydrogen) atoms. The number of benzene rings is 1. The SMILES string of the molecule is Cc1nn(Cc2cccnc2C#N)c(C)c1NC(O)c1cc(C(N)=O)nc2cc(F)c(F)cc12. The molecule has 0 saturated heterocycles. The van der Waals surface area contributed by atoms with E-state index >= 15 is 0 Å². The predicted octanol–water partition coefficient (Wildman–Crippen LogP) is 2.84. The maximum Gasteiger partial charge on any atom is 0.267 e. The molecule has 1 unspecified atom stereocenters. The Kier molecular flexibility index (Phi) is 5.91. The van der Waals surface area contributed by atoms with Crippen LogP contribution in [0, 0.1) is 36.8 Å². The topological polar surface area (TPSA) is 143 Å². The average Bonchev–Trinajstić information content (AvgIpc) is 3.06. The van der Waals surface area contributed by atoms with Crippen LogP contribution in [0.1, 0.15) is 44.9 Å². The number of pyridine rings is 2. The highest BCUT2D eigenvalue weighted by molar-refractivity contribution is 5.95. The molecule has 3 heterocycles. The fourth-order valence-corrected chi connectivity index (χ4v) is 3.70. The molecule has 3 aromatic heterocycles. The molecular formula is C23H19F2N7O2. The highest BCUT2D eigenvalue weighted by atomic mass is 19.2. The number of fused-ring (bicyclic) bond motifs is 1. The van der Waals surface area contributed by atoms with Crippen molar-refractivity contribution in [1.82, 2.24) is 19.7 Å². The van der Waals surface area contributed by atoms with Crippen LogP contribution in [0.5, 0.6) is 0 Å². The number of nitrogens with two attached hydrogens (primary N) is 1. The summed E-state index contributed by atoms with van der Waals surface area (Å²) in [5, 5.41) is 27.8. The zero-order valence-electron chi connectivity index (χ0n) is 18.2. The van der Waals surface area contributed by atoms with Gasteiger partial charge < -0.3 is 16.2 Å². The van der Waals surface area contributed by atoms with Gasteiger partial charge in [-0.25, -0.2) is 18.7 Å². The number of halogens is 2. The Bertz CT molecular complexity index is 1480. The Hall–Kier alpha value is -4.43. The zero-order valence-corrected chi connectivity index (χ0v) is 18.2. The smallest absolute Gasteiger partial charge is 0.267 e. The third-order valence-corrected chi connectivity index (χ3v) is 5.41. The highest BCUT2D eigenvalue weighted by Crippen LogP contribution is 2.30. The van der Waals surface area contributed by atoms with E-state index in [2.05, 4.69) is 20.4 Å². The van der Waals surface area contributed by atoms with Crippen LogP contribution >= 0.6 is 0 Å². The van der Waals surface area contributed by atoms with E-state index in [0.29, 0.717) is 22.6 Å². The van der Waals surface area contributed by atoms with Gasteiger partial charge in [0.25, 0.3) is 5.91 Å². The van der Waals surface area contributed by atoms with E-state index in [1.807, 2.05) is 6.07 Å². The summed E-state index contributed by atoms with van der Waals surface area (Å²) in [5.41, 5.74) is 7.81. The highest BCUT2D eigenvalue weighted by Gasteiger charge is 2.21. The Labute approximate surface area is 192 Å². The number of hydrogen-bond donors (Lipinski definition) is 3. The molecule has 9 nitrogen and oxygen atoms in total. The Morgan fingerprint density at radius 2 is 2.03 bits per heavy atom. The standard InChI is InChI=1S/C23H19F2N7O2/c1-11-21(12(2)32(31-11)10-13-4-3-5-28-20(13)9-26)30-23(34)15-7-19(22(27)33)29-18-8-17(25)16(24)6-14(15)18/h3-8,23,30,34H,10H2,1-2H3,(H2,27,33). The summed E-state index contributed by atoms with van der Waals surface area (Å²) in [6.07, 6.45) is 0.0947. The molecule has 0 aliphatic carbocycles. The number of aliphatic hydroxyl groups excluding tert-OH is 1. The lowest BCUT2D eigenvalue weighted by Gasteiger charge is -2.18. The Balaban J connectivity index is 1.72. The second-order valence-electron chi connectivity index (χ2n) is 7.62. The number of nitriles is 1.